The van der Waals surface area contributed by atoms with Gasteiger partial charge in [0.05, 0.1) is 17.1 Å². The van der Waals surface area contributed by atoms with Crippen LogP contribution in [-0.2, 0) is 16.1 Å². The average molecular weight is 479 g/mol. The van der Waals surface area contributed by atoms with Crippen molar-refractivity contribution in [1.82, 2.24) is 14.8 Å². The van der Waals surface area contributed by atoms with Crippen molar-refractivity contribution in [2.75, 3.05) is 4.90 Å². The summed E-state index contributed by atoms with van der Waals surface area (Å²) in [6, 6.07) is 16.2. The summed E-state index contributed by atoms with van der Waals surface area (Å²) in [5, 5.41) is 5.99. The first-order valence-corrected chi connectivity index (χ1v) is 11.1. The number of nitrogens with zero attached hydrogens (tertiary/aromatic N) is 4. The Morgan fingerprint density at radius 2 is 1.82 bits per heavy atom. The zero-order chi connectivity index (χ0) is 24.2. The Morgan fingerprint density at radius 3 is 2.53 bits per heavy atom. The highest BCUT2D eigenvalue weighted by atomic mass is 32.1. The molecule has 0 aliphatic rings. The highest BCUT2D eigenvalue weighted by Crippen LogP contribution is 2.30. The summed E-state index contributed by atoms with van der Waals surface area (Å²) in [6.07, 6.45) is 0. The third-order valence-electron chi connectivity index (χ3n) is 4.79. The van der Waals surface area contributed by atoms with E-state index < -0.39 is 23.1 Å². The van der Waals surface area contributed by atoms with Crippen LogP contribution >= 0.6 is 11.3 Å². The molecule has 4 aromatic rings. The van der Waals surface area contributed by atoms with Crippen molar-refractivity contribution in [3.8, 4) is 5.69 Å². The lowest BCUT2D eigenvalue weighted by molar-refractivity contribution is -0.115. The van der Waals surface area contributed by atoms with E-state index in [1.807, 2.05) is 18.2 Å². The molecule has 0 fully saturated rings. The van der Waals surface area contributed by atoms with Crippen LogP contribution in [0.15, 0.2) is 70.8 Å². The Kier molecular flexibility index (Phi) is 6.60. The van der Waals surface area contributed by atoms with Crippen LogP contribution < -0.4 is 10.3 Å². The number of aryl methyl sites for hydroxylation is 1. The molecule has 2 heterocycles. The lowest BCUT2D eigenvalue weighted by atomic mass is 10.3. The van der Waals surface area contributed by atoms with E-state index in [9.17, 15) is 18.8 Å². The second-order valence-electron chi connectivity index (χ2n) is 7.25. The van der Waals surface area contributed by atoms with Crippen LogP contribution in [0.4, 0.5) is 15.2 Å². The largest absolute Gasteiger partial charge is 0.454 e. The SMILES string of the molecule is CC(=O)N(c1nc(COC(=O)c2nn(-c3ccccc3)c(C)cc2=O)cs1)c1ccccc1F. The van der Waals surface area contributed by atoms with Crippen molar-refractivity contribution in [3.05, 3.63) is 99.2 Å². The molecule has 0 atom stereocenters. The first kappa shape index (κ1) is 23.0. The third-order valence-corrected chi connectivity index (χ3v) is 5.67. The molecular weight excluding hydrogens is 459 g/mol. The zero-order valence-electron chi connectivity index (χ0n) is 18.3. The lowest BCUT2D eigenvalue weighted by Crippen LogP contribution is -2.24. The van der Waals surface area contributed by atoms with E-state index in [0.29, 0.717) is 17.1 Å². The summed E-state index contributed by atoms with van der Waals surface area (Å²) < 4.78 is 21.0. The van der Waals surface area contributed by atoms with E-state index in [1.165, 1.54) is 35.9 Å². The van der Waals surface area contributed by atoms with Gasteiger partial charge in [-0.15, -0.1) is 11.3 Å². The minimum absolute atomic E-state index is 0.0678. The molecule has 0 unspecified atom stereocenters. The maximum atomic E-state index is 14.2. The minimum atomic E-state index is -0.901. The van der Waals surface area contributed by atoms with Gasteiger partial charge in [0, 0.05) is 24.1 Å². The summed E-state index contributed by atoms with van der Waals surface area (Å²) in [6.45, 7) is 2.76. The van der Waals surface area contributed by atoms with Gasteiger partial charge in [-0.25, -0.2) is 18.9 Å². The number of aromatic nitrogens is 3. The van der Waals surface area contributed by atoms with Crippen molar-refractivity contribution in [2.45, 2.75) is 20.5 Å². The molecule has 0 bridgehead atoms. The maximum absolute atomic E-state index is 14.2. The fourth-order valence-corrected chi connectivity index (χ4v) is 4.10. The quantitative estimate of drug-likeness (QED) is 0.386. The lowest BCUT2D eigenvalue weighted by Gasteiger charge is -2.18. The van der Waals surface area contributed by atoms with E-state index in [-0.39, 0.29) is 23.1 Å². The van der Waals surface area contributed by atoms with Crippen molar-refractivity contribution < 1.29 is 18.7 Å². The van der Waals surface area contributed by atoms with Crippen molar-refractivity contribution in [2.24, 2.45) is 0 Å². The van der Waals surface area contributed by atoms with Gasteiger partial charge >= 0.3 is 5.97 Å². The molecule has 0 radical (unpaired) electrons. The molecule has 172 valence electrons. The monoisotopic (exact) mass is 478 g/mol. The molecule has 10 heteroatoms. The highest BCUT2D eigenvalue weighted by Gasteiger charge is 2.22. The first-order valence-electron chi connectivity index (χ1n) is 10.2. The topological polar surface area (TPSA) is 94.4 Å². The van der Waals surface area contributed by atoms with Gasteiger partial charge < -0.3 is 4.74 Å². The van der Waals surface area contributed by atoms with Gasteiger partial charge in [0.25, 0.3) is 0 Å². The molecule has 1 amide bonds. The summed E-state index contributed by atoms with van der Waals surface area (Å²) in [4.78, 5) is 42.6. The standard InChI is InChI=1S/C24H19FN4O4S/c1-15-12-21(31)22(27-29(15)18-8-4-3-5-9-18)23(32)33-13-17-14-34-24(26-17)28(16(2)30)20-11-7-6-10-19(20)25/h3-12,14H,13H2,1-2H3. The minimum Gasteiger partial charge on any atom is -0.454 e. The molecule has 0 saturated heterocycles. The molecule has 0 spiro atoms. The van der Waals surface area contributed by atoms with Crippen LogP contribution in [0.5, 0.6) is 0 Å². The smallest absolute Gasteiger partial charge is 0.363 e. The fourth-order valence-electron chi connectivity index (χ4n) is 3.23. The van der Waals surface area contributed by atoms with Gasteiger partial charge in [-0.05, 0) is 31.2 Å². The first-order chi connectivity index (χ1) is 16.3. The van der Waals surface area contributed by atoms with Crippen LogP contribution in [0.3, 0.4) is 0 Å². The van der Waals surface area contributed by atoms with Gasteiger partial charge in [-0.2, -0.15) is 5.10 Å². The normalized spacial score (nSPS) is 10.7. The number of carbonyl (C=O) groups excluding carboxylic acids is 2. The summed E-state index contributed by atoms with van der Waals surface area (Å²) in [5.74, 6) is -1.89. The van der Waals surface area contributed by atoms with Crippen molar-refractivity contribution in [1.29, 1.82) is 0 Å². The van der Waals surface area contributed by atoms with Crippen molar-refractivity contribution in [3.63, 3.8) is 0 Å². The number of rotatable bonds is 6. The van der Waals surface area contributed by atoms with E-state index in [0.717, 1.165) is 16.2 Å². The molecule has 8 nitrogen and oxygen atoms in total. The summed E-state index contributed by atoms with van der Waals surface area (Å²) >= 11 is 1.10. The van der Waals surface area contributed by atoms with E-state index in [4.69, 9.17) is 4.74 Å². The molecule has 2 aromatic carbocycles. The number of anilines is 2. The van der Waals surface area contributed by atoms with Crippen LogP contribution in [0.2, 0.25) is 0 Å². The maximum Gasteiger partial charge on any atom is 0.363 e. The van der Waals surface area contributed by atoms with E-state index in [2.05, 4.69) is 10.1 Å². The van der Waals surface area contributed by atoms with Gasteiger partial charge in [-0.1, -0.05) is 30.3 Å². The van der Waals surface area contributed by atoms with E-state index in [1.54, 1.807) is 30.5 Å². The number of para-hydroxylation sites is 2. The number of benzene rings is 2. The number of carbonyl (C=O) groups is 2. The highest BCUT2D eigenvalue weighted by molar-refractivity contribution is 7.14. The molecular formula is C24H19FN4O4S. The fraction of sp³-hybridized carbons (Fsp3) is 0.125. The molecule has 0 saturated carbocycles. The molecule has 4 rings (SSSR count). The van der Waals surface area contributed by atoms with Gasteiger partial charge in [0.15, 0.2) is 5.13 Å². The van der Waals surface area contributed by atoms with E-state index >= 15 is 0 Å². The summed E-state index contributed by atoms with van der Waals surface area (Å²) in [5.41, 5.74) is 0.743. The Hall–Kier alpha value is -4.18. The van der Waals surface area contributed by atoms with Crippen LogP contribution in [0.1, 0.15) is 28.8 Å². The number of halogens is 1. The molecule has 0 aliphatic heterocycles. The number of hydrogen-bond donors (Lipinski definition) is 0. The van der Waals surface area contributed by atoms with Gasteiger partial charge in [0.2, 0.25) is 17.0 Å². The Bertz CT molecular complexity index is 1420. The van der Waals surface area contributed by atoms with Crippen molar-refractivity contribution >= 4 is 34.0 Å². The number of esters is 1. The molecule has 0 N–H and O–H groups in total. The second kappa shape index (κ2) is 9.75. The van der Waals surface area contributed by atoms with Gasteiger partial charge in [-0.3, -0.25) is 14.5 Å². The third kappa shape index (κ3) is 4.76. The number of hydrogen-bond acceptors (Lipinski definition) is 7. The van der Waals surface area contributed by atoms with Gasteiger partial charge in [0.1, 0.15) is 12.4 Å². The van der Waals surface area contributed by atoms with Crippen LogP contribution in [-0.4, -0.2) is 26.6 Å². The molecule has 2 aromatic heterocycles. The van der Waals surface area contributed by atoms with Crippen LogP contribution in [0, 0.1) is 12.7 Å². The zero-order valence-corrected chi connectivity index (χ0v) is 19.1. The van der Waals surface area contributed by atoms with Crippen LogP contribution in [0.25, 0.3) is 5.69 Å². The number of thiazole rings is 1. The predicted octanol–water partition coefficient (Wildman–Crippen LogP) is 4.18. The average Bonchev–Trinajstić information content (AvgIpc) is 3.28. The Labute approximate surface area is 197 Å². The number of ether oxygens (including phenoxy) is 1. The predicted molar refractivity (Wildman–Crippen MR) is 125 cm³/mol. The molecule has 0 aliphatic carbocycles. The molecule has 34 heavy (non-hydrogen) atoms. The number of amides is 1. The Morgan fingerprint density at radius 1 is 1.12 bits per heavy atom. The Balaban J connectivity index is 1.53. The summed E-state index contributed by atoms with van der Waals surface area (Å²) in [7, 11) is 0. The second-order valence-corrected chi connectivity index (χ2v) is 8.09.